The number of ketones is 1. The molecule has 2 heterocycles. The summed E-state index contributed by atoms with van der Waals surface area (Å²) in [6.07, 6.45) is 2.79. The van der Waals surface area contributed by atoms with Gasteiger partial charge in [0.2, 0.25) is 0 Å². The monoisotopic (exact) mass is 321 g/mol. The van der Waals surface area contributed by atoms with E-state index in [-0.39, 0.29) is 12.2 Å². The van der Waals surface area contributed by atoms with Gasteiger partial charge in [0.25, 0.3) is 0 Å². The number of hydrogen-bond acceptors (Lipinski definition) is 4. The van der Waals surface area contributed by atoms with Gasteiger partial charge in [-0.1, -0.05) is 21.1 Å². The molecule has 0 saturated heterocycles. The second kappa shape index (κ2) is 4.77. The van der Waals surface area contributed by atoms with Gasteiger partial charge in [0, 0.05) is 29.9 Å². The van der Waals surface area contributed by atoms with Gasteiger partial charge in [-0.3, -0.25) is 9.48 Å². The molecule has 2 aromatic rings. The number of ether oxygens (including phenoxy) is 1. The van der Waals surface area contributed by atoms with Crippen LogP contribution in [-0.4, -0.2) is 27.4 Å². The molecule has 1 aromatic heterocycles. The second-order valence-electron chi connectivity index (χ2n) is 4.53. The van der Waals surface area contributed by atoms with Crippen LogP contribution in [0.1, 0.15) is 21.6 Å². The van der Waals surface area contributed by atoms with Gasteiger partial charge in [-0.15, -0.1) is 5.10 Å². The van der Waals surface area contributed by atoms with E-state index in [0.29, 0.717) is 12.3 Å². The minimum Gasteiger partial charge on any atom is -0.493 e. The van der Waals surface area contributed by atoms with Crippen LogP contribution >= 0.6 is 15.9 Å². The number of Topliss-reactive ketones (excluding diaryl/α,β-unsaturated/α-hetero) is 1. The average molecular weight is 322 g/mol. The van der Waals surface area contributed by atoms with Crippen LogP contribution in [0, 0.1) is 0 Å². The van der Waals surface area contributed by atoms with Crippen LogP contribution in [0.4, 0.5) is 0 Å². The average Bonchev–Trinajstić information content (AvgIpc) is 2.97. The van der Waals surface area contributed by atoms with Gasteiger partial charge in [-0.05, 0) is 17.7 Å². The zero-order valence-electron chi connectivity index (χ0n) is 10.4. The highest BCUT2D eigenvalue weighted by molar-refractivity contribution is 9.10. The Morgan fingerprint density at radius 1 is 1.53 bits per heavy atom. The summed E-state index contributed by atoms with van der Waals surface area (Å²) >= 11 is 3.47. The Morgan fingerprint density at radius 3 is 3.11 bits per heavy atom. The molecule has 5 nitrogen and oxygen atoms in total. The molecule has 0 spiro atoms. The maximum Gasteiger partial charge on any atom is 0.189 e. The lowest BCUT2D eigenvalue weighted by molar-refractivity contribution is 0.0987. The van der Waals surface area contributed by atoms with E-state index in [1.165, 1.54) is 4.68 Å². The summed E-state index contributed by atoms with van der Waals surface area (Å²) in [5.74, 6) is 0.796. The lowest BCUT2D eigenvalue weighted by atomic mass is 10.0. The minimum atomic E-state index is -0.0519. The molecule has 0 unspecified atom stereocenters. The zero-order valence-corrected chi connectivity index (χ0v) is 12.0. The van der Waals surface area contributed by atoms with E-state index in [4.69, 9.17) is 4.74 Å². The highest BCUT2D eigenvalue weighted by Gasteiger charge is 2.20. The van der Waals surface area contributed by atoms with Gasteiger partial charge in [0.05, 0.1) is 12.8 Å². The number of aromatic nitrogens is 3. The first-order valence-corrected chi connectivity index (χ1v) is 6.76. The summed E-state index contributed by atoms with van der Waals surface area (Å²) in [5.41, 5.74) is 2.43. The summed E-state index contributed by atoms with van der Waals surface area (Å²) in [4.78, 5) is 12.2. The Balaban J connectivity index is 1.90. The fourth-order valence-corrected chi connectivity index (χ4v) is 2.77. The molecular formula is C13H12BrN3O2. The summed E-state index contributed by atoms with van der Waals surface area (Å²) in [5, 5.41) is 7.61. The van der Waals surface area contributed by atoms with Crippen molar-refractivity contribution in [1.29, 1.82) is 0 Å². The molecule has 1 aromatic carbocycles. The van der Waals surface area contributed by atoms with Crippen molar-refractivity contribution in [3.8, 4) is 5.75 Å². The first-order chi connectivity index (χ1) is 9.13. The van der Waals surface area contributed by atoms with E-state index in [1.807, 2.05) is 12.1 Å². The maximum absolute atomic E-state index is 12.2. The number of nitrogens with zero attached hydrogens (tertiary/aromatic N) is 3. The normalized spacial score (nSPS) is 13.2. The number of halogens is 1. The smallest absolute Gasteiger partial charge is 0.189 e. The van der Waals surface area contributed by atoms with Crippen molar-refractivity contribution in [1.82, 2.24) is 15.0 Å². The lowest BCUT2D eigenvalue weighted by Crippen LogP contribution is -2.05. The predicted molar refractivity (Wildman–Crippen MR) is 72.4 cm³/mol. The zero-order chi connectivity index (χ0) is 13.4. The fourth-order valence-electron chi connectivity index (χ4n) is 2.22. The Labute approximate surface area is 118 Å². The molecule has 0 atom stereocenters. The molecule has 3 rings (SSSR count). The number of fused-ring (bicyclic) bond motifs is 1. The molecule has 1 aliphatic heterocycles. The van der Waals surface area contributed by atoms with Gasteiger partial charge >= 0.3 is 0 Å². The summed E-state index contributed by atoms with van der Waals surface area (Å²) in [6.45, 7) is 0.679. The Morgan fingerprint density at radius 2 is 2.37 bits per heavy atom. The molecule has 0 bridgehead atoms. The fraction of sp³-hybridized carbons (Fsp3) is 0.308. The van der Waals surface area contributed by atoms with Crippen LogP contribution in [0.2, 0.25) is 0 Å². The van der Waals surface area contributed by atoms with Crippen molar-refractivity contribution < 1.29 is 9.53 Å². The molecule has 0 radical (unpaired) electrons. The second-order valence-corrected chi connectivity index (χ2v) is 5.44. The Kier molecular flexibility index (Phi) is 3.10. The van der Waals surface area contributed by atoms with Crippen molar-refractivity contribution in [2.75, 3.05) is 6.61 Å². The van der Waals surface area contributed by atoms with Gasteiger partial charge < -0.3 is 4.74 Å². The van der Waals surface area contributed by atoms with E-state index in [9.17, 15) is 4.79 Å². The van der Waals surface area contributed by atoms with Crippen molar-refractivity contribution in [3.63, 3.8) is 0 Å². The third kappa shape index (κ3) is 2.40. The lowest BCUT2D eigenvalue weighted by Gasteiger charge is -2.07. The van der Waals surface area contributed by atoms with Crippen molar-refractivity contribution in [3.05, 3.63) is 39.6 Å². The molecule has 6 heteroatoms. The molecule has 0 amide bonds. The third-order valence-corrected chi connectivity index (χ3v) is 3.52. The first kappa shape index (κ1) is 12.3. The van der Waals surface area contributed by atoms with Crippen LogP contribution < -0.4 is 4.74 Å². The van der Waals surface area contributed by atoms with Crippen LogP contribution in [0.15, 0.2) is 22.8 Å². The molecular weight excluding hydrogens is 310 g/mol. The topological polar surface area (TPSA) is 57.0 Å². The highest BCUT2D eigenvalue weighted by Crippen LogP contribution is 2.33. The summed E-state index contributed by atoms with van der Waals surface area (Å²) < 4.78 is 8.11. The molecule has 0 saturated carbocycles. The number of rotatable bonds is 3. The van der Waals surface area contributed by atoms with Crippen LogP contribution in [0.3, 0.4) is 0 Å². The number of carbonyl (C=O) groups is 1. The Hall–Kier alpha value is -1.69. The number of carbonyl (C=O) groups excluding carboxylic acids is 1. The quantitative estimate of drug-likeness (QED) is 0.811. The SMILES string of the molecule is Cn1cc(C(=O)Cc2cc(Br)cc3c2OCC3)nn1. The maximum atomic E-state index is 12.2. The van der Waals surface area contributed by atoms with Crippen molar-refractivity contribution in [2.45, 2.75) is 12.8 Å². The molecule has 0 fully saturated rings. The molecule has 0 N–H and O–H groups in total. The van der Waals surface area contributed by atoms with E-state index < -0.39 is 0 Å². The summed E-state index contributed by atoms with van der Waals surface area (Å²) in [7, 11) is 1.74. The van der Waals surface area contributed by atoms with Crippen LogP contribution in [-0.2, 0) is 19.9 Å². The van der Waals surface area contributed by atoms with Gasteiger partial charge in [-0.25, -0.2) is 0 Å². The molecule has 0 aliphatic carbocycles. The minimum absolute atomic E-state index is 0.0519. The molecule has 19 heavy (non-hydrogen) atoms. The van der Waals surface area contributed by atoms with E-state index in [1.54, 1.807) is 13.2 Å². The van der Waals surface area contributed by atoms with Crippen LogP contribution in [0.5, 0.6) is 5.75 Å². The largest absolute Gasteiger partial charge is 0.493 e. The van der Waals surface area contributed by atoms with Crippen LogP contribution in [0.25, 0.3) is 0 Å². The van der Waals surface area contributed by atoms with E-state index >= 15 is 0 Å². The predicted octanol–water partition coefficient (Wildman–Crippen LogP) is 1.94. The van der Waals surface area contributed by atoms with Crippen molar-refractivity contribution in [2.24, 2.45) is 7.05 Å². The molecule has 1 aliphatic rings. The van der Waals surface area contributed by atoms with Gasteiger partial charge in [0.15, 0.2) is 5.78 Å². The third-order valence-electron chi connectivity index (χ3n) is 3.06. The Bertz CT molecular complexity index is 651. The summed E-state index contributed by atoms with van der Waals surface area (Å²) in [6, 6.07) is 3.97. The van der Waals surface area contributed by atoms with Gasteiger partial charge in [0.1, 0.15) is 11.4 Å². The van der Waals surface area contributed by atoms with E-state index in [2.05, 4.69) is 26.2 Å². The standard InChI is InChI=1S/C13H12BrN3O2/c1-17-7-11(15-16-17)12(18)6-9-5-10(14)4-8-2-3-19-13(8)9/h4-5,7H,2-3,6H2,1H3. The number of aryl methyl sites for hydroxylation is 1. The molecule has 98 valence electrons. The number of hydrogen-bond donors (Lipinski definition) is 0. The highest BCUT2D eigenvalue weighted by atomic mass is 79.9. The van der Waals surface area contributed by atoms with Crippen molar-refractivity contribution >= 4 is 21.7 Å². The van der Waals surface area contributed by atoms with E-state index in [0.717, 1.165) is 27.8 Å². The first-order valence-electron chi connectivity index (χ1n) is 5.97. The van der Waals surface area contributed by atoms with Gasteiger partial charge in [-0.2, -0.15) is 0 Å². The number of benzene rings is 1.